The number of fused-ring (bicyclic) bond motifs is 1. The smallest absolute Gasteiger partial charge is 0.346 e. The predicted molar refractivity (Wildman–Crippen MR) is 105 cm³/mol. The summed E-state index contributed by atoms with van der Waals surface area (Å²) in [6.45, 7) is -0.0870. The minimum absolute atomic E-state index is 0.273. The Kier molecular flexibility index (Phi) is 5.34. The van der Waals surface area contributed by atoms with Gasteiger partial charge in [-0.05, 0) is 19.1 Å². The molecule has 3 aromatic heterocycles. The van der Waals surface area contributed by atoms with Gasteiger partial charge < -0.3 is 10.3 Å². The van der Waals surface area contributed by atoms with Crippen molar-refractivity contribution in [1.29, 1.82) is 0 Å². The van der Waals surface area contributed by atoms with Crippen LogP contribution in [-0.2, 0) is 4.79 Å². The number of amides is 1. The van der Waals surface area contributed by atoms with E-state index in [9.17, 15) is 22.4 Å². The lowest BCUT2D eigenvalue weighted by molar-refractivity contribution is -0.144. The first-order chi connectivity index (χ1) is 14.6. The summed E-state index contributed by atoms with van der Waals surface area (Å²) >= 11 is 6.03. The topological polar surface area (TPSA) is 95.6 Å². The summed E-state index contributed by atoms with van der Waals surface area (Å²) in [5, 5.41) is 5.55. The standard InChI is InChI=1S/C19H17ClF4N6O/c1-18(17(31)28-8-19(22,23)24)5-13(21)30-14(18)12-2-3-25-16(29-12)11-7-27-15-10(11)4-9(20)6-26-15/h2-4,6-7,13-14,30H,5,8H2,1H3,(H,26,27)(H,28,31)/t13-,14?,18+/m1/s1. The van der Waals surface area contributed by atoms with Gasteiger partial charge in [0.25, 0.3) is 0 Å². The zero-order valence-electron chi connectivity index (χ0n) is 16.1. The van der Waals surface area contributed by atoms with Crippen LogP contribution in [0.15, 0.2) is 30.7 Å². The maximum absolute atomic E-state index is 14.2. The molecular weight excluding hydrogens is 440 g/mol. The van der Waals surface area contributed by atoms with E-state index in [1.165, 1.54) is 25.4 Å². The second-order valence-electron chi connectivity index (χ2n) is 7.54. The van der Waals surface area contributed by atoms with Crippen LogP contribution in [-0.4, -0.2) is 44.9 Å². The van der Waals surface area contributed by atoms with E-state index in [1.54, 1.807) is 12.3 Å². The van der Waals surface area contributed by atoms with Crippen LogP contribution in [0.25, 0.3) is 22.4 Å². The second-order valence-corrected chi connectivity index (χ2v) is 7.98. The minimum atomic E-state index is -4.57. The van der Waals surface area contributed by atoms with Gasteiger partial charge in [0.2, 0.25) is 5.91 Å². The Morgan fingerprint density at radius 3 is 2.90 bits per heavy atom. The van der Waals surface area contributed by atoms with Crippen LogP contribution in [0.5, 0.6) is 0 Å². The molecule has 3 atom stereocenters. The van der Waals surface area contributed by atoms with Gasteiger partial charge in [0, 0.05) is 36.0 Å². The minimum Gasteiger partial charge on any atom is -0.346 e. The monoisotopic (exact) mass is 456 g/mol. The first-order valence-corrected chi connectivity index (χ1v) is 9.66. The maximum Gasteiger partial charge on any atom is 0.405 e. The fourth-order valence-electron chi connectivity index (χ4n) is 3.76. The van der Waals surface area contributed by atoms with Crippen molar-refractivity contribution in [2.24, 2.45) is 5.41 Å². The van der Waals surface area contributed by atoms with E-state index in [2.05, 4.69) is 25.3 Å². The Morgan fingerprint density at radius 1 is 1.39 bits per heavy atom. The van der Waals surface area contributed by atoms with E-state index < -0.39 is 36.4 Å². The Morgan fingerprint density at radius 2 is 2.16 bits per heavy atom. The van der Waals surface area contributed by atoms with Gasteiger partial charge in [-0.25, -0.2) is 19.3 Å². The van der Waals surface area contributed by atoms with Crippen molar-refractivity contribution in [2.75, 3.05) is 6.54 Å². The SMILES string of the molecule is C[C@]1(C(=O)NCC(F)(F)F)C[C@H](F)NC1c1ccnc(-c2c[nH]c3ncc(Cl)cc23)n1. The molecule has 3 aromatic rings. The maximum atomic E-state index is 14.2. The fraction of sp³-hybridized carbons (Fsp3) is 0.368. The van der Waals surface area contributed by atoms with Crippen LogP contribution in [0.3, 0.4) is 0 Å². The van der Waals surface area contributed by atoms with Crippen molar-refractivity contribution in [3.8, 4) is 11.4 Å². The molecule has 164 valence electrons. The lowest BCUT2D eigenvalue weighted by Gasteiger charge is -2.29. The highest BCUT2D eigenvalue weighted by atomic mass is 35.5. The Labute approximate surface area is 178 Å². The molecule has 7 nitrogen and oxygen atoms in total. The van der Waals surface area contributed by atoms with Crippen molar-refractivity contribution in [3.63, 3.8) is 0 Å². The highest BCUT2D eigenvalue weighted by molar-refractivity contribution is 6.31. The molecule has 1 aliphatic rings. The summed E-state index contributed by atoms with van der Waals surface area (Å²) in [4.78, 5) is 28.4. The number of aromatic nitrogens is 4. The summed E-state index contributed by atoms with van der Waals surface area (Å²) in [7, 11) is 0. The van der Waals surface area contributed by atoms with E-state index in [1.807, 2.05) is 5.32 Å². The van der Waals surface area contributed by atoms with Gasteiger partial charge in [0.15, 0.2) is 12.1 Å². The number of nitrogens with one attached hydrogen (secondary N) is 3. The molecule has 0 bridgehead atoms. The largest absolute Gasteiger partial charge is 0.405 e. The van der Waals surface area contributed by atoms with Crippen LogP contribution >= 0.6 is 11.6 Å². The summed E-state index contributed by atoms with van der Waals surface area (Å²) in [6.07, 6.45) is -1.89. The van der Waals surface area contributed by atoms with Gasteiger partial charge >= 0.3 is 6.18 Å². The number of pyridine rings is 1. The summed E-state index contributed by atoms with van der Waals surface area (Å²) in [5.41, 5.74) is -0.0573. The molecule has 0 spiro atoms. The van der Waals surface area contributed by atoms with Crippen LogP contribution in [0.2, 0.25) is 5.02 Å². The lowest BCUT2D eigenvalue weighted by Crippen LogP contribution is -2.45. The predicted octanol–water partition coefficient (Wildman–Crippen LogP) is 3.69. The molecule has 1 fully saturated rings. The number of alkyl halides is 4. The molecule has 0 radical (unpaired) electrons. The number of carbonyl (C=O) groups is 1. The van der Waals surface area contributed by atoms with Crippen LogP contribution in [0.4, 0.5) is 17.6 Å². The van der Waals surface area contributed by atoms with E-state index >= 15 is 0 Å². The molecule has 12 heteroatoms. The third kappa shape index (κ3) is 4.19. The second kappa shape index (κ2) is 7.72. The number of halogens is 5. The van der Waals surface area contributed by atoms with Gasteiger partial charge in [-0.1, -0.05) is 11.6 Å². The number of hydrogen-bond donors (Lipinski definition) is 3. The number of H-pyrrole nitrogens is 1. The van der Waals surface area contributed by atoms with E-state index in [0.29, 0.717) is 21.6 Å². The molecule has 1 unspecified atom stereocenters. The third-order valence-electron chi connectivity index (χ3n) is 5.27. The van der Waals surface area contributed by atoms with Crippen molar-refractivity contribution in [2.45, 2.75) is 31.9 Å². The normalized spacial score (nSPS) is 23.9. The first-order valence-electron chi connectivity index (χ1n) is 9.28. The molecular formula is C19H17ClF4N6O. The zero-order valence-corrected chi connectivity index (χ0v) is 16.9. The van der Waals surface area contributed by atoms with E-state index in [0.717, 1.165) is 0 Å². The van der Waals surface area contributed by atoms with Crippen molar-refractivity contribution < 1.29 is 22.4 Å². The zero-order chi connectivity index (χ0) is 22.4. The molecule has 4 rings (SSSR count). The Hall–Kier alpha value is -2.79. The fourth-order valence-corrected chi connectivity index (χ4v) is 3.92. The van der Waals surface area contributed by atoms with Gasteiger partial charge in [0.1, 0.15) is 12.2 Å². The molecule has 1 amide bonds. The third-order valence-corrected chi connectivity index (χ3v) is 5.47. The molecule has 4 heterocycles. The van der Waals surface area contributed by atoms with Gasteiger partial charge in [-0.15, -0.1) is 0 Å². The number of nitrogens with zero attached hydrogens (tertiary/aromatic N) is 3. The molecule has 0 saturated carbocycles. The van der Waals surface area contributed by atoms with Gasteiger partial charge in [-0.2, -0.15) is 13.2 Å². The summed E-state index contributed by atoms with van der Waals surface area (Å²) in [5.74, 6) is -0.638. The average molecular weight is 457 g/mol. The van der Waals surface area contributed by atoms with Crippen LogP contribution in [0.1, 0.15) is 25.1 Å². The molecule has 3 N–H and O–H groups in total. The lowest BCUT2D eigenvalue weighted by atomic mass is 9.79. The molecule has 0 aromatic carbocycles. The number of rotatable bonds is 4. The number of aromatic amines is 1. The van der Waals surface area contributed by atoms with Crippen molar-refractivity contribution in [1.82, 2.24) is 30.6 Å². The average Bonchev–Trinajstić information content (AvgIpc) is 3.26. The quantitative estimate of drug-likeness (QED) is 0.411. The van der Waals surface area contributed by atoms with Crippen molar-refractivity contribution >= 4 is 28.5 Å². The van der Waals surface area contributed by atoms with Gasteiger partial charge in [0.05, 0.1) is 22.2 Å². The highest BCUT2D eigenvalue weighted by Gasteiger charge is 2.51. The summed E-state index contributed by atoms with van der Waals surface area (Å²) < 4.78 is 51.9. The van der Waals surface area contributed by atoms with Crippen LogP contribution in [0, 0.1) is 5.41 Å². The number of carbonyl (C=O) groups excluding carboxylic acids is 1. The van der Waals surface area contributed by atoms with E-state index in [-0.39, 0.29) is 17.9 Å². The van der Waals surface area contributed by atoms with E-state index in [4.69, 9.17) is 11.6 Å². The molecule has 31 heavy (non-hydrogen) atoms. The molecule has 1 saturated heterocycles. The van der Waals surface area contributed by atoms with Crippen LogP contribution < -0.4 is 10.6 Å². The number of hydrogen-bond acceptors (Lipinski definition) is 5. The molecule has 0 aliphatic carbocycles. The van der Waals surface area contributed by atoms with Gasteiger partial charge in [-0.3, -0.25) is 10.1 Å². The Bertz CT molecular complexity index is 1140. The Balaban J connectivity index is 1.68. The molecule has 1 aliphatic heterocycles. The first kappa shape index (κ1) is 21.4. The van der Waals surface area contributed by atoms with Crippen molar-refractivity contribution in [3.05, 3.63) is 41.4 Å². The summed E-state index contributed by atoms with van der Waals surface area (Å²) in [6, 6.07) is 2.23. The highest BCUT2D eigenvalue weighted by Crippen LogP contribution is 2.44.